The number of furan rings is 1. The van der Waals surface area contributed by atoms with Gasteiger partial charge in [-0.1, -0.05) is 12.1 Å². The van der Waals surface area contributed by atoms with Crippen molar-refractivity contribution in [3.05, 3.63) is 97.0 Å². The predicted molar refractivity (Wildman–Crippen MR) is 132 cm³/mol. The molecule has 2 N–H and O–H groups in total. The van der Waals surface area contributed by atoms with Crippen molar-refractivity contribution >= 4 is 46.1 Å². The molecule has 3 aromatic carbocycles. The third-order valence-electron chi connectivity index (χ3n) is 4.94. The van der Waals surface area contributed by atoms with E-state index < -0.39 is 0 Å². The van der Waals surface area contributed by atoms with Crippen molar-refractivity contribution in [2.45, 2.75) is 4.90 Å². The average Bonchev–Trinajstić information content (AvgIpc) is 3.54. The van der Waals surface area contributed by atoms with Crippen LogP contribution in [0.15, 0.2) is 105 Å². The highest BCUT2D eigenvalue weighted by Gasteiger charge is 2.10. The lowest BCUT2D eigenvalue weighted by atomic mass is 10.2. The highest BCUT2D eigenvalue weighted by atomic mass is 32.2. The zero-order valence-electron chi connectivity index (χ0n) is 17.9. The van der Waals surface area contributed by atoms with Gasteiger partial charge in [0.25, 0.3) is 5.91 Å². The van der Waals surface area contributed by atoms with Gasteiger partial charge in [0.1, 0.15) is 5.52 Å². The number of thioether (sulfide) groups is 1. The summed E-state index contributed by atoms with van der Waals surface area (Å²) in [6, 6.07) is 25.5. The highest BCUT2D eigenvalue weighted by molar-refractivity contribution is 8.00. The number of carbonyl (C=O) groups is 2. The second-order valence-corrected chi connectivity index (χ2v) is 8.41. The van der Waals surface area contributed by atoms with Crippen LogP contribution in [-0.4, -0.2) is 22.6 Å². The molecule has 2 aromatic heterocycles. The number of fused-ring (bicyclic) bond motifs is 1. The quantitative estimate of drug-likeness (QED) is 0.281. The van der Waals surface area contributed by atoms with E-state index in [1.165, 1.54) is 18.0 Å². The Kier molecular flexibility index (Phi) is 6.13. The molecule has 0 aliphatic heterocycles. The highest BCUT2D eigenvalue weighted by Crippen LogP contribution is 2.26. The number of para-hydroxylation sites is 2. The Morgan fingerprint density at radius 1 is 0.824 bits per heavy atom. The smallest absolute Gasteiger partial charge is 0.291 e. The number of nitrogens with one attached hydrogen (secondary N) is 2. The topological polar surface area (TPSA) is 97.4 Å². The fraction of sp³-hybridized carbons (Fsp3) is 0.0385. The van der Waals surface area contributed by atoms with Crippen LogP contribution in [0.4, 0.5) is 11.4 Å². The number of hydrogen-bond donors (Lipinski definition) is 2. The zero-order valence-corrected chi connectivity index (χ0v) is 18.7. The number of nitrogens with zero attached hydrogens (tertiary/aromatic N) is 1. The molecule has 0 fully saturated rings. The zero-order chi connectivity index (χ0) is 23.3. The number of oxazole rings is 1. The molecule has 0 saturated heterocycles. The molecule has 5 aromatic rings. The molecule has 2 heterocycles. The van der Waals surface area contributed by atoms with Gasteiger partial charge in [0.15, 0.2) is 11.3 Å². The fourth-order valence-corrected chi connectivity index (χ4v) is 3.97. The van der Waals surface area contributed by atoms with Crippen LogP contribution in [0.2, 0.25) is 0 Å². The summed E-state index contributed by atoms with van der Waals surface area (Å²) < 4.78 is 10.9. The van der Waals surface area contributed by atoms with Crippen molar-refractivity contribution in [1.29, 1.82) is 0 Å². The molecule has 0 spiro atoms. The van der Waals surface area contributed by atoms with Gasteiger partial charge in [0.05, 0.1) is 12.0 Å². The molecule has 0 aliphatic rings. The normalized spacial score (nSPS) is 10.8. The molecule has 7 nitrogen and oxygen atoms in total. The summed E-state index contributed by atoms with van der Waals surface area (Å²) in [6.45, 7) is 0. The summed E-state index contributed by atoms with van der Waals surface area (Å²) >= 11 is 1.41. The van der Waals surface area contributed by atoms with E-state index in [1.807, 2.05) is 60.7 Å². The first-order valence-corrected chi connectivity index (χ1v) is 11.5. The Hall–Kier alpha value is -4.30. The van der Waals surface area contributed by atoms with Crippen LogP contribution in [-0.2, 0) is 4.79 Å². The first-order chi connectivity index (χ1) is 16.6. The van der Waals surface area contributed by atoms with Crippen molar-refractivity contribution in [3.8, 4) is 11.5 Å². The molecule has 0 bridgehead atoms. The van der Waals surface area contributed by atoms with Crippen LogP contribution in [0.1, 0.15) is 10.6 Å². The van der Waals surface area contributed by atoms with Gasteiger partial charge in [0, 0.05) is 21.8 Å². The Morgan fingerprint density at radius 2 is 1.56 bits per heavy atom. The third kappa shape index (κ3) is 5.02. The van der Waals surface area contributed by atoms with Gasteiger partial charge < -0.3 is 19.5 Å². The number of hydrogen-bond acceptors (Lipinski definition) is 6. The maximum Gasteiger partial charge on any atom is 0.291 e. The molecule has 8 heteroatoms. The van der Waals surface area contributed by atoms with E-state index in [-0.39, 0.29) is 23.3 Å². The van der Waals surface area contributed by atoms with Crippen LogP contribution < -0.4 is 10.6 Å². The van der Waals surface area contributed by atoms with Crippen LogP contribution in [0.3, 0.4) is 0 Å². The summed E-state index contributed by atoms with van der Waals surface area (Å²) in [5.41, 5.74) is 3.72. The molecule has 168 valence electrons. The Morgan fingerprint density at radius 3 is 2.29 bits per heavy atom. The SMILES string of the molecule is O=C(CSc1ccc(NC(=O)c2ccco2)cc1)Nc1ccc(-c2nc3ccccc3o2)cc1. The minimum atomic E-state index is -0.313. The van der Waals surface area contributed by atoms with Gasteiger partial charge >= 0.3 is 0 Å². The predicted octanol–water partition coefficient (Wildman–Crippen LogP) is 6.07. The first kappa shape index (κ1) is 21.5. The Balaban J connectivity index is 1.13. The summed E-state index contributed by atoms with van der Waals surface area (Å²) in [7, 11) is 0. The summed E-state index contributed by atoms with van der Waals surface area (Å²) in [4.78, 5) is 29.8. The molecule has 0 radical (unpaired) electrons. The number of carbonyl (C=O) groups excluding carboxylic acids is 2. The van der Waals surface area contributed by atoms with E-state index in [9.17, 15) is 9.59 Å². The van der Waals surface area contributed by atoms with E-state index in [0.717, 1.165) is 21.6 Å². The van der Waals surface area contributed by atoms with Gasteiger partial charge in [-0.2, -0.15) is 0 Å². The van der Waals surface area contributed by atoms with Crippen molar-refractivity contribution < 1.29 is 18.4 Å². The molecule has 0 aliphatic carbocycles. The van der Waals surface area contributed by atoms with Crippen LogP contribution in [0.25, 0.3) is 22.6 Å². The summed E-state index contributed by atoms with van der Waals surface area (Å²) in [6.07, 6.45) is 1.45. The van der Waals surface area contributed by atoms with Gasteiger partial charge in [-0.05, 0) is 72.8 Å². The van der Waals surface area contributed by atoms with Crippen molar-refractivity contribution in [2.75, 3.05) is 16.4 Å². The van der Waals surface area contributed by atoms with Gasteiger partial charge in [-0.3, -0.25) is 9.59 Å². The largest absolute Gasteiger partial charge is 0.459 e. The number of aromatic nitrogens is 1. The number of anilines is 2. The van der Waals surface area contributed by atoms with E-state index in [4.69, 9.17) is 8.83 Å². The van der Waals surface area contributed by atoms with Gasteiger partial charge in [-0.15, -0.1) is 11.8 Å². The van der Waals surface area contributed by atoms with Gasteiger partial charge in [0.2, 0.25) is 11.8 Å². The number of amides is 2. The molecular formula is C26H19N3O4S. The lowest BCUT2D eigenvalue weighted by molar-refractivity contribution is -0.113. The van der Waals surface area contributed by atoms with Crippen LogP contribution in [0, 0.1) is 0 Å². The Labute approximate surface area is 199 Å². The van der Waals surface area contributed by atoms with E-state index in [0.29, 0.717) is 17.3 Å². The first-order valence-electron chi connectivity index (χ1n) is 10.5. The summed E-state index contributed by atoms with van der Waals surface area (Å²) in [5.74, 6) is 0.613. The molecule has 0 unspecified atom stereocenters. The maximum atomic E-state index is 12.4. The monoisotopic (exact) mass is 469 g/mol. The molecule has 0 atom stereocenters. The molecule has 34 heavy (non-hydrogen) atoms. The van der Waals surface area contributed by atoms with Gasteiger partial charge in [-0.25, -0.2) is 4.98 Å². The molecule has 0 saturated carbocycles. The Bertz CT molecular complexity index is 1390. The van der Waals surface area contributed by atoms with Crippen molar-refractivity contribution in [3.63, 3.8) is 0 Å². The minimum absolute atomic E-state index is 0.116. The van der Waals surface area contributed by atoms with Crippen molar-refractivity contribution in [2.24, 2.45) is 0 Å². The summed E-state index contributed by atoms with van der Waals surface area (Å²) in [5, 5.41) is 5.65. The second kappa shape index (κ2) is 9.68. The molecular weight excluding hydrogens is 450 g/mol. The molecule has 5 rings (SSSR count). The molecule has 2 amide bonds. The fourth-order valence-electron chi connectivity index (χ4n) is 3.27. The second-order valence-electron chi connectivity index (χ2n) is 7.36. The third-order valence-corrected chi connectivity index (χ3v) is 5.95. The average molecular weight is 470 g/mol. The van der Waals surface area contributed by atoms with E-state index >= 15 is 0 Å². The standard InChI is InChI=1S/C26H19N3O4S/c30-24(16-34-20-13-11-19(12-14-20)28-25(31)23-6-3-15-32-23)27-18-9-7-17(8-10-18)26-29-21-4-1-2-5-22(21)33-26/h1-15H,16H2,(H,27,30)(H,28,31). The number of rotatable bonds is 7. The van der Waals surface area contributed by atoms with Crippen LogP contribution in [0.5, 0.6) is 0 Å². The van der Waals surface area contributed by atoms with Crippen LogP contribution >= 0.6 is 11.8 Å². The maximum absolute atomic E-state index is 12.4. The number of benzene rings is 3. The minimum Gasteiger partial charge on any atom is -0.459 e. The van der Waals surface area contributed by atoms with E-state index in [1.54, 1.807) is 24.3 Å². The lowest BCUT2D eigenvalue weighted by Crippen LogP contribution is -2.13. The van der Waals surface area contributed by atoms with E-state index in [2.05, 4.69) is 15.6 Å². The lowest BCUT2D eigenvalue weighted by Gasteiger charge is -2.07. The van der Waals surface area contributed by atoms with Crippen molar-refractivity contribution in [1.82, 2.24) is 4.98 Å².